The van der Waals surface area contributed by atoms with E-state index in [9.17, 15) is 4.79 Å². The normalized spacial score (nSPS) is 11.1. The summed E-state index contributed by atoms with van der Waals surface area (Å²) in [5, 5.41) is 0.747. The Bertz CT molecular complexity index is 930. The summed E-state index contributed by atoms with van der Waals surface area (Å²) in [4.78, 5) is 18.8. The molecule has 0 atom stereocenters. The molecule has 5 heteroatoms. The van der Waals surface area contributed by atoms with Gasteiger partial charge in [-0.1, -0.05) is 43.1 Å². The molecular weight excluding hydrogens is 346 g/mol. The van der Waals surface area contributed by atoms with Crippen molar-refractivity contribution in [3.63, 3.8) is 0 Å². The van der Waals surface area contributed by atoms with Gasteiger partial charge < -0.3 is 9.47 Å². The number of unbranched alkanes of at least 4 members (excludes halogenated alkanes) is 1. The van der Waals surface area contributed by atoms with Crippen LogP contribution in [0.25, 0.3) is 11.0 Å². The monoisotopic (exact) mass is 369 g/mol. The molecule has 0 spiro atoms. The van der Waals surface area contributed by atoms with Crippen LogP contribution in [-0.4, -0.2) is 34.5 Å². The molecule has 0 N–H and O–H groups in total. The highest BCUT2D eigenvalue weighted by Gasteiger charge is 2.15. The van der Waals surface area contributed by atoms with E-state index in [1.54, 1.807) is 19.0 Å². The second-order valence-corrected chi connectivity index (χ2v) is 7.12. The van der Waals surface area contributed by atoms with Crippen molar-refractivity contribution in [3.05, 3.63) is 64.4 Å². The molecule has 0 fully saturated rings. The number of hydrogen-bond acceptors (Lipinski definition) is 2. The first-order chi connectivity index (χ1) is 12.5. The molecule has 0 aliphatic rings. The van der Waals surface area contributed by atoms with Crippen LogP contribution >= 0.6 is 11.6 Å². The molecular formula is C21H24ClN3O. The van der Waals surface area contributed by atoms with Crippen LogP contribution in [0.2, 0.25) is 5.02 Å². The molecule has 0 saturated carbocycles. The molecule has 1 amide bonds. The Morgan fingerprint density at radius 3 is 2.65 bits per heavy atom. The van der Waals surface area contributed by atoms with Gasteiger partial charge in [0, 0.05) is 31.1 Å². The van der Waals surface area contributed by atoms with Crippen molar-refractivity contribution in [2.24, 2.45) is 0 Å². The van der Waals surface area contributed by atoms with Crippen molar-refractivity contribution in [1.82, 2.24) is 14.5 Å². The molecule has 3 rings (SSSR count). The number of aryl methyl sites for hydroxylation is 1. The lowest BCUT2D eigenvalue weighted by atomic mass is 10.1. The van der Waals surface area contributed by atoms with Gasteiger partial charge in [0.15, 0.2) is 0 Å². The topological polar surface area (TPSA) is 38.1 Å². The van der Waals surface area contributed by atoms with Gasteiger partial charge in [-0.2, -0.15) is 0 Å². The van der Waals surface area contributed by atoms with Crippen LogP contribution in [-0.2, 0) is 13.0 Å². The van der Waals surface area contributed by atoms with E-state index in [4.69, 9.17) is 16.6 Å². The minimum absolute atomic E-state index is 0.00694. The number of hydrogen-bond donors (Lipinski definition) is 0. The Balaban J connectivity index is 2.10. The van der Waals surface area contributed by atoms with Gasteiger partial charge >= 0.3 is 0 Å². The van der Waals surface area contributed by atoms with Crippen LogP contribution in [0, 0.1) is 0 Å². The molecule has 1 heterocycles. The summed E-state index contributed by atoms with van der Waals surface area (Å²) in [6.07, 6.45) is 3.10. The number of benzene rings is 2. The Labute approximate surface area is 159 Å². The fourth-order valence-electron chi connectivity index (χ4n) is 3.06. The first kappa shape index (κ1) is 18.5. The van der Waals surface area contributed by atoms with Crippen molar-refractivity contribution >= 4 is 28.5 Å². The molecule has 2 aromatic carbocycles. The molecule has 4 nitrogen and oxygen atoms in total. The number of carbonyl (C=O) groups excluding carboxylic acids is 1. The highest BCUT2D eigenvalue weighted by molar-refractivity contribution is 6.31. The van der Waals surface area contributed by atoms with Gasteiger partial charge in [0.05, 0.1) is 17.6 Å². The molecule has 3 aromatic rings. The predicted octanol–water partition coefficient (Wildman–Crippen LogP) is 4.78. The number of nitrogens with zero attached hydrogens (tertiary/aromatic N) is 3. The second-order valence-electron chi connectivity index (χ2n) is 6.71. The highest BCUT2D eigenvalue weighted by Crippen LogP contribution is 2.24. The van der Waals surface area contributed by atoms with Crippen molar-refractivity contribution in [2.45, 2.75) is 32.7 Å². The lowest BCUT2D eigenvalue weighted by Crippen LogP contribution is -2.21. The average molecular weight is 370 g/mol. The third kappa shape index (κ3) is 3.75. The number of carbonyl (C=O) groups is 1. The summed E-state index contributed by atoms with van der Waals surface area (Å²) in [7, 11) is 3.53. The van der Waals surface area contributed by atoms with Crippen LogP contribution in [0.15, 0.2) is 42.5 Å². The molecule has 0 radical (unpaired) electrons. The van der Waals surface area contributed by atoms with E-state index in [0.29, 0.717) is 12.1 Å². The fourth-order valence-corrected chi connectivity index (χ4v) is 3.26. The van der Waals surface area contributed by atoms with Gasteiger partial charge in [-0.3, -0.25) is 4.79 Å². The van der Waals surface area contributed by atoms with Crippen LogP contribution in [0.1, 0.15) is 41.5 Å². The molecule has 0 aliphatic carbocycles. The number of rotatable bonds is 6. The lowest BCUT2D eigenvalue weighted by molar-refractivity contribution is 0.0827. The van der Waals surface area contributed by atoms with E-state index in [0.717, 1.165) is 46.7 Å². The fraction of sp³-hybridized carbons (Fsp3) is 0.333. The maximum absolute atomic E-state index is 12.4. The number of amides is 1. The first-order valence-electron chi connectivity index (χ1n) is 8.95. The zero-order chi connectivity index (χ0) is 18.7. The standard InChI is InChI=1S/C21H24ClN3O/c1-4-5-10-20-23-18-12-11-15(21(26)24(2)3)13-19(18)25(20)14-16-8-6-7-9-17(16)22/h6-9,11-13H,4-5,10,14H2,1-3H3. The van der Waals surface area contributed by atoms with Gasteiger partial charge in [0.25, 0.3) is 5.91 Å². The minimum Gasteiger partial charge on any atom is -0.345 e. The van der Waals surface area contributed by atoms with Gasteiger partial charge in [-0.15, -0.1) is 0 Å². The average Bonchev–Trinajstić information content (AvgIpc) is 2.97. The number of aromatic nitrogens is 2. The molecule has 0 unspecified atom stereocenters. The summed E-state index contributed by atoms with van der Waals surface area (Å²) >= 11 is 6.38. The zero-order valence-corrected chi connectivity index (χ0v) is 16.3. The largest absolute Gasteiger partial charge is 0.345 e. The molecule has 0 bridgehead atoms. The molecule has 0 aliphatic heterocycles. The zero-order valence-electron chi connectivity index (χ0n) is 15.5. The summed E-state index contributed by atoms with van der Waals surface area (Å²) in [5.41, 5.74) is 3.61. The predicted molar refractivity (Wildman–Crippen MR) is 107 cm³/mol. The minimum atomic E-state index is -0.00694. The van der Waals surface area contributed by atoms with Gasteiger partial charge in [0.2, 0.25) is 0 Å². The van der Waals surface area contributed by atoms with Crippen LogP contribution in [0.4, 0.5) is 0 Å². The summed E-state index contributed by atoms with van der Waals surface area (Å²) < 4.78 is 2.19. The van der Waals surface area contributed by atoms with E-state index < -0.39 is 0 Å². The maximum Gasteiger partial charge on any atom is 0.253 e. The molecule has 26 heavy (non-hydrogen) atoms. The van der Waals surface area contributed by atoms with Crippen molar-refractivity contribution in [3.8, 4) is 0 Å². The number of halogens is 1. The Morgan fingerprint density at radius 1 is 1.19 bits per heavy atom. The molecule has 1 aromatic heterocycles. The molecule has 136 valence electrons. The lowest BCUT2D eigenvalue weighted by Gasteiger charge is -2.12. The smallest absolute Gasteiger partial charge is 0.253 e. The number of fused-ring (bicyclic) bond motifs is 1. The van der Waals surface area contributed by atoms with E-state index >= 15 is 0 Å². The Hall–Kier alpha value is -2.33. The van der Waals surface area contributed by atoms with E-state index in [2.05, 4.69) is 11.5 Å². The quantitative estimate of drug-likeness (QED) is 0.627. The maximum atomic E-state index is 12.4. The summed E-state index contributed by atoms with van der Waals surface area (Å²) in [5.74, 6) is 1.03. The van der Waals surface area contributed by atoms with Crippen LogP contribution < -0.4 is 0 Å². The Kier molecular flexibility index (Phi) is 5.62. The third-order valence-electron chi connectivity index (χ3n) is 4.52. The number of imidazole rings is 1. The van der Waals surface area contributed by atoms with Gasteiger partial charge in [-0.05, 0) is 36.2 Å². The second kappa shape index (κ2) is 7.92. The van der Waals surface area contributed by atoms with Crippen molar-refractivity contribution < 1.29 is 4.79 Å². The van der Waals surface area contributed by atoms with Crippen LogP contribution in [0.3, 0.4) is 0 Å². The summed E-state index contributed by atoms with van der Waals surface area (Å²) in [6.45, 7) is 2.82. The van der Waals surface area contributed by atoms with Gasteiger partial charge in [0.1, 0.15) is 5.82 Å². The van der Waals surface area contributed by atoms with E-state index in [1.807, 2.05) is 42.5 Å². The van der Waals surface area contributed by atoms with Crippen LogP contribution in [0.5, 0.6) is 0 Å². The summed E-state index contributed by atoms with van der Waals surface area (Å²) in [6, 6.07) is 13.6. The van der Waals surface area contributed by atoms with Crippen molar-refractivity contribution in [1.29, 1.82) is 0 Å². The molecule has 0 saturated heterocycles. The third-order valence-corrected chi connectivity index (χ3v) is 4.89. The van der Waals surface area contributed by atoms with E-state index in [1.165, 1.54) is 0 Å². The van der Waals surface area contributed by atoms with Crippen molar-refractivity contribution in [2.75, 3.05) is 14.1 Å². The first-order valence-corrected chi connectivity index (χ1v) is 9.33. The van der Waals surface area contributed by atoms with E-state index in [-0.39, 0.29) is 5.91 Å². The van der Waals surface area contributed by atoms with Gasteiger partial charge in [-0.25, -0.2) is 4.98 Å². The highest BCUT2D eigenvalue weighted by atomic mass is 35.5. The Morgan fingerprint density at radius 2 is 1.96 bits per heavy atom. The SMILES string of the molecule is CCCCc1nc2ccc(C(=O)N(C)C)cc2n1Cc1ccccc1Cl.